The fourth-order valence-corrected chi connectivity index (χ4v) is 5.24. The van der Waals surface area contributed by atoms with Crippen molar-refractivity contribution in [2.45, 2.75) is 6.92 Å². The third-order valence-corrected chi connectivity index (χ3v) is 7.83. The number of amides is 2. The van der Waals surface area contributed by atoms with Crippen molar-refractivity contribution in [3.63, 3.8) is 0 Å². The quantitative estimate of drug-likeness (QED) is 0.314. The van der Waals surface area contributed by atoms with Crippen LogP contribution in [-0.2, 0) is 4.74 Å². The van der Waals surface area contributed by atoms with E-state index in [0.717, 1.165) is 16.9 Å². The number of carbonyl (C=O) groups is 2. The van der Waals surface area contributed by atoms with Crippen LogP contribution < -0.4 is 10.9 Å². The Labute approximate surface area is 213 Å². The van der Waals surface area contributed by atoms with Crippen molar-refractivity contribution < 1.29 is 19.4 Å². The van der Waals surface area contributed by atoms with Crippen LogP contribution in [0.4, 0.5) is 0 Å². The second kappa shape index (κ2) is 10.9. The highest BCUT2D eigenvalue weighted by Gasteiger charge is 2.19. The van der Waals surface area contributed by atoms with E-state index in [0.29, 0.717) is 62.3 Å². The second-order valence-electron chi connectivity index (χ2n) is 7.30. The van der Waals surface area contributed by atoms with E-state index < -0.39 is 5.91 Å². The first-order valence-electron chi connectivity index (χ1n) is 10.2. The lowest BCUT2D eigenvalue weighted by molar-refractivity contribution is 0.0127. The molecular formula is C22H20Cl2N4O4S2. The van der Waals surface area contributed by atoms with Gasteiger partial charge in [-0.05, 0) is 36.8 Å². The summed E-state index contributed by atoms with van der Waals surface area (Å²) < 4.78 is 5.26. The van der Waals surface area contributed by atoms with E-state index in [9.17, 15) is 14.7 Å². The van der Waals surface area contributed by atoms with Crippen LogP contribution in [0.1, 0.15) is 31.8 Å². The van der Waals surface area contributed by atoms with E-state index in [4.69, 9.17) is 27.9 Å². The molecule has 1 saturated heterocycles. The van der Waals surface area contributed by atoms with Gasteiger partial charge < -0.3 is 9.84 Å². The summed E-state index contributed by atoms with van der Waals surface area (Å²) in [4.78, 5) is 26.3. The van der Waals surface area contributed by atoms with Gasteiger partial charge in [-0.3, -0.25) is 15.0 Å². The van der Waals surface area contributed by atoms with Gasteiger partial charge in [0.15, 0.2) is 0 Å². The Morgan fingerprint density at radius 3 is 2.50 bits per heavy atom. The molecule has 1 fully saturated rings. The van der Waals surface area contributed by atoms with Crippen LogP contribution in [0, 0.1) is 0 Å². The standard InChI is InChI=1S/C22H20Cl2N4O4S2/c1-12(14-11-33-20(19(14)29)13-2-3-15(23)16(24)10-13)25-26-21(30)17-4-5-18(34-17)22(31)27-28-6-8-32-9-7-28/h2-5,10-11,29H,6-9H2,1H3,(H,26,30)(H,27,31). The Hall–Kier alpha value is -2.47. The first-order chi connectivity index (χ1) is 16.3. The maximum absolute atomic E-state index is 12.5. The molecule has 4 rings (SSSR count). The number of hydrazone groups is 1. The fraction of sp³-hybridized carbons (Fsp3) is 0.227. The van der Waals surface area contributed by atoms with Gasteiger partial charge in [-0.1, -0.05) is 29.3 Å². The Bertz CT molecular complexity index is 1250. The van der Waals surface area contributed by atoms with Gasteiger partial charge in [0, 0.05) is 18.5 Å². The van der Waals surface area contributed by atoms with Crippen molar-refractivity contribution in [3.8, 4) is 16.2 Å². The summed E-state index contributed by atoms with van der Waals surface area (Å²) in [6, 6.07) is 8.28. The third-order valence-electron chi connectivity index (χ3n) is 4.99. The first kappa shape index (κ1) is 24.6. The Morgan fingerprint density at radius 2 is 1.79 bits per heavy atom. The third kappa shape index (κ3) is 5.60. The number of nitrogens with zero attached hydrogens (tertiary/aromatic N) is 2. The number of rotatable bonds is 6. The molecule has 0 unspecified atom stereocenters. The van der Waals surface area contributed by atoms with Crippen molar-refractivity contribution in [3.05, 3.63) is 61.1 Å². The molecule has 8 nitrogen and oxygen atoms in total. The summed E-state index contributed by atoms with van der Waals surface area (Å²) in [7, 11) is 0. The summed E-state index contributed by atoms with van der Waals surface area (Å²) >= 11 is 14.5. The molecule has 0 aliphatic carbocycles. The minimum absolute atomic E-state index is 0.0390. The molecule has 0 radical (unpaired) electrons. The summed E-state index contributed by atoms with van der Waals surface area (Å²) in [6.07, 6.45) is 0. The number of nitrogens with one attached hydrogen (secondary N) is 2. The zero-order chi connectivity index (χ0) is 24.2. The topological polar surface area (TPSA) is 103 Å². The molecule has 0 spiro atoms. The van der Waals surface area contributed by atoms with Crippen LogP contribution in [0.15, 0.2) is 40.8 Å². The number of aromatic hydroxyl groups is 1. The van der Waals surface area contributed by atoms with Gasteiger partial charge in [-0.25, -0.2) is 10.4 Å². The molecule has 12 heteroatoms. The van der Waals surface area contributed by atoms with E-state index in [1.54, 1.807) is 47.6 Å². The zero-order valence-electron chi connectivity index (χ0n) is 17.9. The lowest BCUT2D eigenvalue weighted by atomic mass is 10.1. The van der Waals surface area contributed by atoms with Gasteiger partial charge >= 0.3 is 0 Å². The Balaban J connectivity index is 1.41. The monoisotopic (exact) mass is 538 g/mol. The summed E-state index contributed by atoms with van der Waals surface area (Å²) in [5, 5.41) is 19.2. The lowest BCUT2D eigenvalue weighted by Crippen LogP contribution is -2.48. The van der Waals surface area contributed by atoms with E-state index in [1.165, 1.54) is 11.3 Å². The predicted molar refractivity (Wildman–Crippen MR) is 135 cm³/mol. The van der Waals surface area contributed by atoms with Gasteiger partial charge in [0.05, 0.1) is 49.2 Å². The maximum Gasteiger partial charge on any atom is 0.281 e. The molecule has 0 atom stereocenters. The normalized spacial score (nSPS) is 14.7. The van der Waals surface area contributed by atoms with Crippen molar-refractivity contribution >= 4 is 63.4 Å². The predicted octanol–water partition coefficient (Wildman–Crippen LogP) is 4.62. The fourth-order valence-electron chi connectivity index (χ4n) is 3.16. The summed E-state index contributed by atoms with van der Waals surface area (Å²) in [6.45, 7) is 4.02. The number of hydrogen-bond acceptors (Lipinski definition) is 8. The Kier molecular flexibility index (Phi) is 7.87. The average molecular weight is 539 g/mol. The number of morpholine rings is 1. The van der Waals surface area contributed by atoms with Gasteiger partial charge in [0.1, 0.15) is 5.75 Å². The molecule has 1 aliphatic rings. The van der Waals surface area contributed by atoms with Crippen molar-refractivity contribution in [1.82, 2.24) is 15.9 Å². The SMILES string of the molecule is CC(=NNC(=O)c1ccc(C(=O)NN2CCOCC2)s1)c1csc(-c2ccc(Cl)c(Cl)c2)c1O. The van der Waals surface area contributed by atoms with E-state index in [2.05, 4.69) is 16.0 Å². The number of hydrogen-bond donors (Lipinski definition) is 3. The highest BCUT2D eigenvalue weighted by atomic mass is 35.5. The molecular weight excluding hydrogens is 519 g/mol. The molecule has 3 heterocycles. The van der Waals surface area contributed by atoms with Crippen LogP contribution >= 0.6 is 45.9 Å². The summed E-state index contributed by atoms with van der Waals surface area (Å²) in [5.41, 5.74) is 6.93. The lowest BCUT2D eigenvalue weighted by Gasteiger charge is -2.26. The van der Waals surface area contributed by atoms with Crippen LogP contribution in [0.2, 0.25) is 10.0 Å². The smallest absolute Gasteiger partial charge is 0.281 e. The second-order valence-corrected chi connectivity index (χ2v) is 10.1. The molecule has 3 aromatic rings. The van der Waals surface area contributed by atoms with Crippen LogP contribution in [-0.4, -0.2) is 53.9 Å². The number of benzene rings is 1. The van der Waals surface area contributed by atoms with Crippen LogP contribution in [0.3, 0.4) is 0 Å². The molecule has 0 saturated carbocycles. The Morgan fingerprint density at radius 1 is 1.09 bits per heavy atom. The van der Waals surface area contributed by atoms with E-state index in [1.807, 2.05) is 0 Å². The average Bonchev–Trinajstić information content (AvgIpc) is 3.47. The van der Waals surface area contributed by atoms with Crippen molar-refractivity contribution in [2.24, 2.45) is 5.10 Å². The van der Waals surface area contributed by atoms with Gasteiger partial charge in [0.25, 0.3) is 11.8 Å². The van der Waals surface area contributed by atoms with Gasteiger partial charge in [-0.2, -0.15) is 5.10 Å². The van der Waals surface area contributed by atoms with Crippen LogP contribution in [0.5, 0.6) is 5.75 Å². The number of ether oxygens (including phenoxy) is 1. The molecule has 2 aromatic heterocycles. The molecule has 0 bridgehead atoms. The highest BCUT2D eigenvalue weighted by Crippen LogP contribution is 2.40. The maximum atomic E-state index is 12.5. The molecule has 34 heavy (non-hydrogen) atoms. The molecule has 178 valence electrons. The summed E-state index contributed by atoms with van der Waals surface area (Å²) in [5.74, 6) is -0.685. The van der Waals surface area contributed by atoms with E-state index in [-0.39, 0.29) is 11.7 Å². The number of hydrazine groups is 1. The largest absolute Gasteiger partial charge is 0.506 e. The first-order valence-corrected chi connectivity index (χ1v) is 12.6. The van der Waals surface area contributed by atoms with Gasteiger partial charge in [0.2, 0.25) is 0 Å². The minimum atomic E-state index is -0.450. The zero-order valence-corrected chi connectivity index (χ0v) is 21.1. The van der Waals surface area contributed by atoms with Gasteiger partial charge in [-0.15, -0.1) is 22.7 Å². The highest BCUT2D eigenvalue weighted by molar-refractivity contribution is 7.16. The molecule has 1 aliphatic heterocycles. The van der Waals surface area contributed by atoms with Crippen LogP contribution in [0.25, 0.3) is 10.4 Å². The molecule has 3 N–H and O–H groups in total. The number of carbonyl (C=O) groups excluding carboxylic acids is 2. The van der Waals surface area contributed by atoms with Crippen molar-refractivity contribution in [2.75, 3.05) is 26.3 Å². The molecule has 1 aromatic carbocycles. The minimum Gasteiger partial charge on any atom is -0.506 e. The molecule has 2 amide bonds. The van der Waals surface area contributed by atoms with E-state index >= 15 is 0 Å². The number of halogens is 2. The number of thiophene rings is 2. The van der Waals surface area contributed by atoms with Crippen molar-refractivity contribution in [1.29, 1.82) is 0 Å².